The molecule has 0 aliphatic carbocycles. The molecule has 1 atom stereocenters. The van der Waals surface area contributed by atoms with Gasteiger partial charge < -0.3 is 16.8 Å². The normalized spacial score (nSPS) is 10.8. The molecule has 0 radical (unpaired) electrons. The van der Waals surface area contributed by atoms with Crippen molar-refractivity contribution in [1.29, 1.82) is 0 Å². The van der Waals surface area contributed by atoms with Crippen LogP contribution in [-0.4, -0.2) is 25.7 Å². The molecule has 0 bridgehead atoms. The lowest BCUT2D eigenvalue weighted by molar-refractivity contribution is 0.461. The SMILES string of the molecule is CC(C)[C@H](N)CNCCN.Cl.Cl.Cl. The molecule has 86 valence electrons. The van der Waals surface area contributed by atoms with Crippen LogP contribution in [0.4, 0.5) is 0 Å². The Hall–Kier alpha value is 0.750. The average molecular weight is 255 g/mol. The second kappa shape index (κ2) is 15.2. The number of nitrogens with one attached hydrogen (secondary N) is 1. The molecule has 0 aromatic carbocycles. The number of halogens is 3. The zero-order valence-electron chi connectivity index (χ0n) is 8.16. The molecule has 0 heterocycles. The highest BCUT2D eigenvalue weighted by atomic mass is 35.5. The molecule has 13 heavy (non-hydrogen) atoms. The van der Waals surface area contributed by atoms with Crippen LogP contribution in [0.3, 0.4) is 0 Å². The van der Waals surface area contributed by atoms with E-state index in [1.54, 1.807) is 0 Å². The fraction of sp³-hybridized carbons (Fsp3) is 1.00. The third kappa shape index (κ3) is 15.5. The van der Waals surface area contributed by atoms with Crippen LogP contribution in [0.2, 0.25) is 0 Å². The maximum Gasteiger partial charge on any atom is 0.0188 e. The van der Waals surface area contributed by atoms with E-state index in [4.69, 9.17) is 11.5 Å². The Balaban J connectivity index is -0.000000135. The Morgan fingerprint density at radius 3 is 1.92 bits per heavy atom. The van der Waals surface area contributed by atoms with Gasteiger partial charge in [-0.2, -0.15) is 0 Å². The predicted molar refractivity (Wildman–Crippen MR) is 66.5 cm³/mol. The minimum Gasteiger partial charge on any atom is -0.329 e. The first-order valence-electron chi connectivity index (χ1n) is 3.84. The topological polar surface area (TPSA) is 64.1 Å². The zero-order chi connectivity index (χ0) is 7.98. The molecular formula is C7H22Cl3N3. The Bertz CT molecular complexity index is 83.4. The van der Waals surface area contributed by atoms with Crippen molar-refractivity contribution in [2.75, 3.05) is 19.6 Å². The Morgan fingerprint density at radius 2 is 1.62 bits per heavy atom. The summed E-state index contributed by atoms with van der Waals surface area (Å²) in [4.78, 5) is 0. The summed E-state index contributed by atoms with van der Waals surface area (Å²) < 4.78 is 0. The summed E-state index contributed by atoms with van der Waals surface area (Å²) in [6.45, 7) is 6.66. The molecule has 0 rings (SSSR count). The van der Waals surface area contributed by atoms with E-state index in [0.29, 0.717) is 12.5 Å². The second-order valence-corrected chi connectivity index (χ2v) is 2.90. The minimum atomic E-state index is 0. The van der Waals surface area contributed by atoms with Gasteiger partial charge in [0.1, 0.15) is 0 Å². The molecule has 3 nitrogen and oxygen atoms in total. The molecule has 0 unspecified atom stereocenters. The third-order valence-corrected chi connectivity index (χ3v) is 1.56. The largest absolute Gasteiger partial charge is 0.329 e. The van der Waals surface area contributed by atoms with Crippen LogP contribution in [0.1, 0.15) is 13.8 Å². The molecule has 6 heteroatoms. The zero-order valence-corrected chi connectivity index (χ0v) is 10.6. The first-order valence-corrected chi connectivity index (χ1v) is 3.84. The van der Waals surface area contributed by atoms with Crippen LogP contribution >= 0.6 is 37.2 Å². The fourth-order valence-electron chi connectivity index (χ4n) is 0.606. The van der Waals surface area contributed by atoms with E-state index in [1.165, 1.54) is 0 Å². The summed E-state index contributed by atoms with van der Waals surface area (Å²) in [6.07, 6.45) is 0. The van der Waals surface area contributed by atoms with E-state index in [1.807, 2.05) is 0 Å². The van der Waals surface area contributed by atoms with Crippen LogP contribution in [0.5, 0.6) is 0 Å². The highest BCUT2D eigenvalue weighted by Crippen LogP contribution is 1.95. The summed E-state index contributed by atoms with van der Waals surface area (Å²) >= 11 is 0. The van der Waals surface area contributed by atoms with Crippen LogP contribution in [0.15, 0.2) is 0 Å². The van der Waals surface area contributed by atoms with Gasteiger partial charge in [-0.25, -0.2) is 0 Å². The molecular weight excluding hydrogens is 232 g/mol. The smallest absolute Gasteiger partial charge is 0.0188 e. The second-order valence-electron chi connectivity index (χ2n) is 2.90. The van der Waals surface area contributed by atoms with Crippen molar-refractivity contribution < 1.29 is 0 Å². The number of hydrogen-bond donors (Lipinski definition) is 3. The molecule has 0 aliphatic heterocycles. The average Bonchev–Trinajstić information content (AvgIpc) is 1.88. The third-order valence-electron chi connectivity index (χ3n) is 1.56. The van der Waals surface area contributed by atoms with Gasteiger partial charge in [0.2, 0.25) is 0 Å². The number of nitrogens with two attached hydrogens (primary N) is 2. The van der Waals surface area contributed by atoms with E-state index in [0.717, 1.165) is 13.1 Å². The van der Waals surface area contributed by atoms with Crippen LogP contribution in [0.25, 0.3) is 0 Å². The monoisotopic (exact) mass is 253 g/mol. The minimum absolute atomic E-state index is 0. The van der Waals surface area contributed by atoms with E-state index >= 15 is 0 Å². The molecule has 0 aliphatic rings. The van der Waals surface area contributed by atoms with Gasteiger partial charge in [0.05, 0.1) is 0 Å². The van der Waals surface area contributed by atoms with Gasteiger partial charge in [-0.15, -0.1) is 37.2 Å². The van der Waals surface area contributed by atoms with Crippen molar-refractivity contribution in [3.8, 4) is 0 Å². The van der Waals surface area contributed by atoms with Gasteiger partial charge in [-0.1, -0.05) is 13.8 Å². The van der Waals surface area contributed by atoms with Gasteiger partial charge in [0.15, 0.2) is 0 Å². The summed E-state index contributed by atoms with van der Waals surface area (Å²) in [7, 11) is 0. The van der Waals surface area contributed by atoms with Crippen molar-refractivity contribution >= 4 is 37.2 Å². The Labute approximate surface area is 99.6 Å². The molecule has 0 saturated heterocycles. The van der Waals surface area contributed by atoms with Crippen molar-refractivity contribution in [3.63, 3.8) is 0 Å². The first-order chi connectivity index (χ1) is 4.68. The van der Waals surface area contributed by atoms with E-state index < -0.39 is 0 Å². The van der Waals surface area contributed by atoms with Crippen LogP contribution < -0.4 is 16.8 Å². The quantitative estimate of drug-likeness (QED) is 0.636. The Morgan fingerprint density at radius 1 is 1.15 bits per heavy atom. The van der Waals surface area contributed by atoms with Gasteiger partial charge >= 0.3 is 0 Å². The fourth-order valence-corrected chi connectivity index (χ4v) is 0.606. The molecule has 0 aromatic heterocycles. The lowest BCUT2D eigenvalue weighted by Gasteiger charge is -2.15. The summed E-state index contributed by atoms with van der Waals surface area (Å²) in [5, 5.41) is 3.17. The van der Waals surface area contributed by atoms with E-state index in [2.05, 4.69) is 19.2 Å². The van der Waals surface area contributed by atoms with Crippen molar-refractivity contribution in [2.45, 2.75) is 19.9 Å². The van der Waals surface area contributed by atoms with E-state index in [9.17, 15) is 0 Å². The van der Waals surface area contributed by atoms with Gasteiger partial charge in [0, 0.05) is 25.7 Å². The highest BCUT2D eigenvalue weighted by Gasteiger charge is 2.04. The van der Waals surface area contributed by atoms with Gasteiger partial charge in [-0.3, -0.25) is 0 Å². The summed E-state index contributed by atoms with van der Waals surface area (Å²) in [5.74, 6) is 0.547. The Kier molecular flexibility index (Phi) is 27.6. The maximum absolute atomic E-state index is 5.75. The first kappa shape index (κ1) is 23.5. The van der Waals surface area contributed by atoms with Gasteiger partial charge in [0.25, 0.3) is 0 Å². The number of hydrogen-bond acceptors (Lipinski definition) is 3. The molecule has 0 spiro atoms. The lowest BCUT2D eigenvalue weighted by Crippen LogP contribution is -2.39. The van der Waals surface area contributed by atoms with Crippen LogP contribution in [0, 0.1) is 5.92 Å². The van der Waals surface area contributed by atoms with Crippen molar-refractivity contribution in [2.24, 2.45) is 17.4 Å². The summed E-state index contributed by atoms with van der Waals surface area (Å²) in [6, 6.07) is 0.256. The van der Waals surface area contributed by atoms with Crippen molar-refractivity contribution in [1.82, 2.24) is 5.32 Å². The van der Waals surface area contributed by atoms with E-state index in [-0.39, 0.29) is 43.3 Å². The standard InChI is InChI=1S/C7H19N3.3ClH/c1-6(2)7(9)5-10-4-3-8;;;/h6-7,10H,3-5,8-9H2,1-2H3;3*1H/t7-;;;/m1.../s1. The molecule has 0 amide bonds. The lowest BCUT2D eigenvalue weighted by atomic mass is 10.1. The van der Waals surface area contributed by atoms with Gasteiger partial charge in [-0.05, 0) is 5.92 Å². The van der Waals surface area contributed by atoms with Crippen LogP contribution in [-0.2, 0) is 0 Å². The molecule has 0 saturated carbocycles. The highest BCUT2D eigenvalue weighted by molar-refractivity contribution is 5.86. The predicted octanol–water partition coefficient (Wildman–Crippen LogP) is 0.783. The summed E-state index contributed by atoms with van der Waals surface area (Å²) in [5.41, 5.74) is 11.0. The van der Waals surface area contributed by atoms with Crippen molar-refractivity contribution in [3.05, 3.63) is 0 Å². The molecule has 0 fully saturated rings. The number of rotatable bonds is 5. The molecule has 0 aromatic rings. The maximum atomic E-state index is 5.75. The molecule has 5 N–H and O–H groups in total.